The molecule has 1 heterocycles. The first-order valence-corrected chi connectivity index (χ1v) is 9.88. The van der Waals surface area contributed by atoms with Crippen LogP contribution in [0, 0.1) is 0 Å². The largest absolute Gasteiger partial charge is 0.491 e. The Bertz CT molecular complexity index is 1120. The van der Waals surface area contributed by atoms with Crippen molar-refractivity contribution in [2.45, 2.75) is 6.42 Å². The molecule has 0 saturated heterocycles. The summed E-state index contributed by atoms with van der Waals surface area (Å²) in [5.74, 6) is 1.79. The average Bonchev–Trinajstić information content (AvgIpc) is 2.80. The molecule has 0 aliphatic carbocycles. The Balaban J connectivity index is 1.30. The van der Waals surface area contributed by atoms with Gasteiger partial charge in [-0.15, -0.1) is 0 Å². The van der Waals surface area contributed by atoms with Gasteiger partial charge in [0, 0.05) is 18.1 Å². The maximum Gasteiger partial charge on any atom is 0.255 e. The number of ether oxygens (including phenoxy) is 2. The van der Waals surface area contributed by atoms with Crippen LogP contribution in [0.25, 0.3) is 10.9 Å². The van der Waals surface area contributed by atoms with Gasteiger partial charge in [-0.3, -0.25) is 9.78 Å². The molecule has 1 N–H and O–H groups in total. The third kappa shape index (κ3) is 4.75. The van der Waals surface area contributed by atoms with Gasteiger partial charge in [0.2, 0.25) is 0 Å². The second kappa shape index (κ2) is 9.56. The zero-order valence-electron chi connectivity index (χ0n) is 16.5. The molecule has 0 bridgehead atoms. The van der Waals surface area contributed by atoms with E-state index in [1.54, 1.807) is 18.3 Å². The summed E-state index contributed by atoms with van der Waals surface area (Å²) < 4.78 is 11.7. The van der Waals surface area contributed by atoms with E-state index in [1.807, 2.05) is 72.8 Å². The van der Waals surface area contributed by atoms with Crippen molar-refractivity contribution in [3.05, 3.63) is 96.7 Å². The minimum absolute atomic E-state index is 0.173. The van der Waals surface area contributed by atoms with Crippen molar-refractivity contribution in [3.8, 4) is 17.2 Å². The van der Waals surface area contributed by atoms with Crippen LogP contribution in [0.15, 0.2) is 91.1 Å². The van der Waals surface area contributed by atoms with Gasteiger partial charge in [0.1, 0.15) is 22.8 Å². The lowest BCUT2D eigenvalue weighted by molar-refractivity contribution is 0.0949. The van der Waals surface area contributed by atoms with Gasteiger partial charge in [0.15, 0.2) is 0 Å². The van der Waals surface area contributed by atoms with E-state index in [2.05, 4.69) is 10.3 Å². The zero-order valence-corrected chi connectivity index (χ0v) is 16.5. The number of para-hydroxylation sites is 3. The lowest BCUT2D eigenvalue weighted by Crippen LogP contribution is -2.26. The van der Waals surface area contributed by atoms with Crippen LogP contribution in [0.5, 0.6) is 17.2 Å². The average molecular weight is 398 g/mol. The molecule has 0 fully saturated rings. The van der Waals surface area contributed by atoms with Crippen molar-refractivity contribution in [3.63, 3.8) is 0 Å². The van der Waals surface area contributed by atoms with Crippen molar-refractivity contribution in [1.82, 2.24) is 10.3 Å². The van der Waals surface area contributed by atoms with Crippen LogP contribution in [0.2, 0.25) is 0 Å². The molecule has 0 unspecified atom stereocenters. The van der Waals surface area contributed by atoms with E-state index >= 15 is 0 Å². The number of rotatable bonds is 8. The lowest BCUT2D eigenvalue weighted by Gasteiger charge is -2.12. The zero-order chi connectivity index (χ0) is 20.6. The maximum atomic E-state index is 12.6. The topological polar surface area (TPSA) is 60.5 Å². The number of fused-ring (bicyclic) bond motifs is 1. The van der Waals surface area contributed by atoms with Gasteiger partial charge in [0.25, 0.3) is 5.91 Å². The van der Waals surface area contributed by atoms with Gasteiger partial charge in [-0.25, -0.2) is 0 Å². The predicted octanol–water partition coefficient (Wildman–Crippen LogP) is 5.23. The second-order valence-corrected chi connectivity index (χ2v) is 6.70. The van der Waals surface area contributed by atoms with Crippen LogP contribution in [-0.2, 0) is 0 Å². The van der Waals surface area contributed by atoms with Gasteiger partial charge in [-0.1, -0.05) is 48.5 Å². The third-order valence-electron chi connectivity index (χ3n) is 4.56. The first-order chi connectivity index (χ1) is 14.8. The fourth-order valence-electron chi connectivity index (χ4n) is 3.10. The van der Waals surface area contributed by atoms with Crippen LogP contribution in [-0.4, -0.2) is 24.0 Å². The van der Waals surface area contributed by atoms with Crippen LogP contribution in [0.1, 0.15) is 16.8 Å². The summed E-state index contributed by atoms with van der Waals surface area (Å²) in [7, 11) is 0. The molecule has 0 radical (unpaired) electrons. The standard InChI is InChI=1S/C25H22N2O3/c28-25(21-13-4-5-14-22(21)30-20-11-2-1-3-12-20)27-17-8-18-29-23-15-6-9-19-10-7-16-26-24(19)23/h1-7,9-16H,8,17-18H2,(H,27,28). The Morgan fingerprint density at radius 1 is 0.833 bits per heavy atom. The first-order valence-electron chi connectivity index (χ1n) is 9.88. The molecule has 150 valence electrons. The highest BCUT2D eigenvalue weighted by molar-refractivity contribution is 5.97. The van der Waals surface area contributed by atoms with E-state index in [-0.39, 0.29) is 5.91 Å². The summed E-state index contributed by atoms with van der Waals surface area (Å²) in [5, 5.41) is 3.97. The molecule has 0 spiro atoms. The van der Waals surface area contributed by atoms with Crippen molar-refractivity contribution < 1.29 is 14.3 Å². The number of hydrogen-bond donors (Lipinski definition) is 1. The van der Waals surface area contributed by atoms with Crippen molar-refractivity contribution in [2.24, 2.45) is 0 Å². The van der Waals surface area contributed by atoms with Crippen LogP contribution in [0.3, 0.4) is 0 Å². The molecule has 0 aliphatic heterocycles. The number of carbonyl (C=O) groups excluding carboxylic acids is 1. The molecule has 4 rings (SSSR count). The van der Waals surface area contributed by atoms with Crippen LogP contribution in [0.4, 0.5) is 0 Å². The number of hydrogen-bond acceptors (Lipinski definition) is 4. The van der Waals surface area contributed by atoms with E-state index in [4.69, 9.17) is 9.47 Å². The maximum absolute atomic E-state index is 12.6. The van der Waals surface area contributed by atoms with Crippen LogP contribution >= 0.6 is 0 Å². The van der Waals surface area contributed by atoms with Crippen molar-refractivity contribution in [2.75, 3.05) is 13.2 Å². The fourth-order valence-corrected chi connectivity index (χ4v) is 3.10. The SMILES string of the molecule is O=C(NCCCOc1cccc2cccnc12)c1ccccc1Oc1ccccc1. The first kappa shape index (κ1) is 19.5. The second-order valence-electron chi connectivity index (χ2n) is 6.70. The Kier molecular flexibility index (Phi) is 6.20. The predicted molar refractivity (Wildman–Crippen MR) is 117 cm³/mol. The highest BCUT2D eigenvalue weighted by Crippen LogP contribution is 2.25. The molecule has 4 aromatic rings. The van der Waals surface area contributed by atoms with Crippen molar-refractivity contribution in [1.29, 1.82) is 0 Å². The summed E-state index contributed by atoms with van der Waals surface area (Å²) >= 11 is 0. The third-order valence-corrected chi connectivity index (χ3v) is 4.56. The number of amides is 1. The molecule has 5 nitrogen and oxygen atoms in total. The number of nitrogens with one attached hydrogen (secondary N) is 1. The Morgan fingerprint density at radius 3 is 2.50 bits per heavy atom. The van der Waals surface area contributed by atoms with Crippen molar-refractivity contribution >= 4 is 16.8 Å². The number of pyridine rings is 1. The quantitative estimate of drug-likeness (QED) is 0.413. The summed E-state index contributed by atoms with van der Waals surface area (Å²) in [6, 6.07) is 26.4. The van der Waals surface area contributed by atoms with E-state index in [0.717, 1.165) is 16.7 Å². The van der Waals surface area contributed by atoms with Gasteiger partial charge >= 0.3 is 0 Å². The molecule has 3 aromatic carbocycles. The summed E-state index contributed by atoms with van der Waals surface area (Å²) in [6.07, 6.45) is 2.43. The highest BCUT2D eigenvalue weighted by atomic mass is 16.5. The molecular formula is C25H22N2O3. The normalized spacial score (nSPS) is 10.5. The number of nitrogens with zero attached hydrogens (tertiary/aromatic N) is 1. The Hall–Kier alpha value is -3.86. The van der Waals surface area contributed by atoms with Gasteiger partial charge in [0.05, 0.1) is 12.2 Å². The van der Waals surface area contributed by atoms with Gasteiger partial charge < -0.3 is 14.8 Å². The minimum Gasteiger partial charge on any atom is -0.491 e. The lowest BCUT2D eigenvalue weighted by atomic mass is 10.2. The molecule has 30 heavy (non-hydrogen) atoms. The molecule has 5 heteroatoms. The molecular weight excluding hydrogens is 376 g/mol. The summed E-state index contributed by atoms with van der Waals surface area (Å²) in [4.78, 5) is 17.0. The highest BCUT2D eigenvalue weighted by Gasteiger charge is 2.12. The van der Waals surface area contributed by atoms with E-state index in [9.17, 15) is 4.79 Å². The molecule has 0 aliphatic rings. The van der Waals surface area contributed by atoms with Crippen LogP contribution < -0.4 is 14.8 Å². The number of carbonyl (C=O) groups is 1. The van der Waals surface area contributed by atoms with Gasteiger partial charge in [-0.2, -0.15) is 0 Å². The van der Waals surface area contributed by atoms with Gasteiger partial charge in [-0.05, 0) is 42.8 Å². The fraction of sp³-hybridized carbons (Fsp3) is 0.120. The molecule has 0 atom stereocenters. The summed E-state index contributed by atoms with van der Waals surface area (Å²) in [6.45, 7) is 0.981. The monoisotopic (exact) mass is 398 g/mol. The smallest absolute Gasteiger partial charge is 0.255 e. The number of aromatic nitrogens is 1. The Labute approximate surface area is 175 Å². The molecule has 0 saturated carbocycles. The summed E-state index contributed by atoms with van der Waals surface area (Å²) in [5.41, 5.74) is 1.34. The Morgan fingerprint density at radius 2 is 1.60 bits per heavy atom. The van der Waals surface area contributed by atoms with E-state index < -0.39 is 0 Å². The number of benzene rings is 3. The van der Waals surface area contributed by atoms with E-state index in [1.165, 1.54) is 0 Å². The molecule has 1 amide bonds. The van der Waals surface area contributed by atoms with E-state index in [0.29, 0.717) is 36.6 Å². The molecule has 1 aromatic heterocycles. The minimum atomic E-state index is -0.173.